The van der Waals surface area contributed by atoms with Gasteiger partial charge in [-0.25, -0.2) is 0 Å². The number of anilines is 1. The van der Waals surface area contributed by atoms with E-state index >= 15 is 0 Å². The lowest BCUT2D eigenvalue weighted by Crippen LogP contribution is -2.12. The van der Waals surface area contributed by atoms with E-state index in [1.807, 2.05) is 38.6 Å². The SMILES string of the molecule is Cc1cc(C)c(NC(=O)c2cc3c(C)nn(C)c3s2)c(C)c1. The zero-order valence-corrected chi connectivity index (χ0v) is 14.3. The van der Waals surface area contributed by atoms with Crippen LogP contribution in [0, 0.1) is 27.7 Å². The third kappa shape index (κ3) is 2.41. The Hall–Kier alpha value is -2.14. The maximum atomic E-state index is 12.6. The molecule has 2 aromatic heterocycles. The van der Waals surface area contributed by atoms with Gasteiger partial charge in [0, 0.05) is 18.1 Å². The first-order valence-electron chi connectivity index (χ1n) is 7.19. The van der Waals surface area contributed by atoms with Crippen LogP contribution in [0.15, 0.2) is 18.2 Å². The minimum atomic E-state index is -0.0596. The number of fused-ring (bicyclic) bond motifs is 1. The Morgan fingerprint density at radius 1 is 1.14 bits per heavy atom. The maximum absolute atomic E-state index is 12.6. The molecule has 1 amide bonds. The Labute approximate surface area is 133 Å². The first kappa shape index (κ1) is 14.8. The number of carbonyl (C=O) groups excluding carboxylic acids is 1. The average molecular weight is 313 g/mol. The summed E-state index contributed by atoms with van der Waals surface area (Å²) in [6.45, 7) is 8.07. The molecule has 0 unspecified atom stereocenters. The van der Waals surface area contributed by atoms with Crippen molar-refractivity contribution in [1.82, 2.24) is 9.78 Å². The lowest BCUT2D eigenvalue weighted by Gasteiger charge is -2.12. The van der Waals surface area contributed by atoms with Crippen LogP contribution < -0.4 is 5.32 Å². The Kier molecular flexibility index (Phi) is 3.53. The number of carbonyl (C=O) groups is 1. The Bertz CT molecular complexity index is 831. The molecule has 3 rings (SSSR count). The van der Waals surface area contributed by atoms with Gasteiger partial charge in [-0.2, -0.15) is 5.10 Å². The zero-order chi connectivity index (χ0) is 16.0. The maximum Gasteiger partial charge on any atom is 0.265 e. The lowest BCUT2D eigenvalue weighted by molar-refractivity contribution is 0.103. The van der Waals surface area contributed by atoms with Gasteiger partial charge < -0.3 is 5.32 Å². The first-order valence-corrected chi connectivity index (χ1v) is 8.01. The smallest absolute Gasteiger partial charge is 0.265 e. The molecule has 0 radical (unpaired) electrons. The van der Waals surface area contributed by atoms with E-state index in [0.29, 0.717) is 4.88 Å². The van der Waals surface area contributed by atoms with Crippen molar-refractivity contribution in [2.75, 3.05) is 5.32 Å². The Morgan fingerprint density at radius 3 is 2.36 bits per heavy atom. The molecule has 0 saturated heterocycles. The van der Waals surface area contributed by atoms with Crippen molar-refractivity contribution < 1.29 is 4.79 Å². The van der Waals surface area contributed by atoms with Crippen LogP contribution >= 0.6 is 11.3 Å². The van der Waals surface area contributed by atoms with E-state index in [4.69, 9.17) is 0 Å². The number of nitrogens with zero attached hydrogens (tertiary/aromatic N) is 2. The molecule has 0 atom stereocenters. The third-order valence-corrected chi connectivity index (χ3v) is 5.04. The molecule has 0 aliphatic heterocycles. The van der Waals surface area contributed by atoms with Crippen molar-refractivity contribution in [2.45, 2.75) is 27.7 Å². The number of hydrogen-bond donors (Lipinski definition) is 1. The predicted molar refractivity (Wildman–Crippen MR) is 91.9 cm³/mol. The molecule has 1 N–H and O–H groups in total. The van der Waals surface area contributed by atoms with Crippen LogP contribution in [0.3, 0.4) is 0 Å². The minimum absolute atomic E-state index is 0.0596. The molecule has 1 aromatic carbocycles. The number of amides is 1. The number of aryl methyl sites for hydroxylation is 5. The van der Waals surface area contributed by atoms with Crippen LogP contribution in [-0.4, -0.2) is 15.7 Å². The standard InChI is InChI=1S/C17H19N3OS/c1-9-6-10(2)15(11(3)7-9)18-16(21)14-8-13-12(4)19-20(5)17(13)22-14/h6-8H,1-5H3,(H,18,21). The van der Waals surface area contributed by atoms with Crippen molar-refractivity contribution in [2.24, 2.45) is 7.05 Å². The number of aromatic nitrogens is 2. The fourth-order valence-electron chi connectivity index (χ4n) is 2.87. The number of nitrogens with one attached hydrogen (secondary N) is 1. The quantitative estimate of drug-likeness (QED) is 0.773. The van der Waals surface area contributed by atoms with Gasteiger partial charge in [0.05, 0.1) is 10.6 Å². The first-order chi connectivity index (χ1) is 10.4. The number of benzene rings is 1. The predicted octanol–water partition coefficient (Wildman–Crippen LogP) is 4.12. The molecule has 0 bridgehead atoms. The fraction of sp³-hybridized carbons (Fsp3) is 0.294. The van der Waals surface area contributed by atoms with E-state index in [1.54, 1.807) is 0 Å². The van der Waals surface area contributed by atoms with Gasteiger partial charge in [-0.05, 0) is 44.9 Å². The van der Waals surface area contributed by atoms with E-state index in [0.717, 1.165) is 32.7 Å². The van der Waals surface area contributed by atoms with Crippen LogP contribution in [0.1, 0.15) is 32.1 Å². The van der Waals surface area contributed by atoms with Gasteiger partial charge in [0.2, 0.25) is 0 Å². The summed E-state index contributed by atoms with van der Waals surface area (Å²) in [6, 6.07) is 6.10. The van der Waals surface area contributed by atoms with Gasteiger partial charge >= 0.3 is 0 Å². The van der Waals surface area contributed by atoms with Crippen LogP contribution in [0.2, 0.25) is 0 Å². The van der Waals surface area contributed by atoms with Crippen molar-refractivity contribution in [1.29, 1.82) is 0 Å². The highest BCUT2D eigenvalue weighted by Crippen LogP contribution is 2.29. The Morgan fingerprint density at radius 2 is 1.77 bits per heavy atom. The molecular formula is C17H19N3OS. The molecule has 5 heteroatoms. The van der Waals surface area contributed by atoms with Crippen LogP contribution in [-0.2, 0) is 7.05 Å². The second-order valence-corrected chi connectivity index (χ2v) is 6.80. The number of rotatable bonds is 2. The molecule has 114 valence electrons. The molecule has 0 aliphatic rings. The topological polar surface area (TPSA) is 46.9 Å². The minimum Gasteiger partial charge on any atom is -0.321 e. The average Bonchev–Trinajstić information content (AvgIpc) is 2.96. The summed E-state index contributed by atoms with van der Waals surface area (Å²) in [5.74, 6) is -0.0596. The largest absolute Gasteiger partial charge is 0.321 e. The normalized spacial score (nSPS) is 11.1. The fourth-order valence-corrected chi connectivity index (χ4v) is 3.89. The summed E-state index contributed by atoms with van der Waals surface area (Å²) < 4.78 is 1.83. The molecular weight excluding hydrogens is 294 g/mol. The van der Waals surface area contributed by atoms with Gasteiger partial charge in [0.15, 0.2) is 0 Å². The molecule has 4 nitrogen and oxygen atoms in total. The van der Waals surface area contributed by atoms with Gasteiger partial charge in [-0.1, -0.05) is 17.7 Å². The van der Waals surface area contributed by atoms with Crippen molar-refractivity contribution in [3.05, 3.63) is 45.5 Å². The van der Waals surface area contributed by atoms with E-state index in [2.05, 4.69) is 29.5 Å². The third-order valence-electron chi connectivity index (χ3n) is 3.84. The van der Waals surface area contributed by atoms with Crippen molar-refractivity contribution >= 4 is 33.1 Å². The molecule has 0 spiro atoms. The van der Waals surface area contributed by atoms with Crippen LogP contribution in [0.25, 0.3) is 10.2 Å². The van der Waals surface area contributed by atoms with Crippen LogP contribution in [0.4, 0.5) is 5.69 Å². The number of thiophene rings is 1. The second-order valence-electron chi connectivity index (χ2n) is 5.77. The monoisotopic (exact) mass is 313 g/mol. The highest BCUT2D eigenvalue weighted by atomic mass is 32.1. The molecule has 3 aromatic rings. The Balaban J connectivity index is 1.95. The van der Waals surface area contributed by atoms with Gasteiger partial charge in [0.25, 0.3) is 5.91 Å². The summed E-state index contributed by atoms with van der Waals surface area (Å²) in [5, 5.41) is 8.47. The van der Waals surface area contributed by atoms with Gasteiger partial charge in [-0.15, -0.1) is 11.3 Å². The second kappa shape index (κ2) is 5.25. The summed E-state index contributed by atoms with van der Waals surface area (Å²) in [5.41, 5.74) is 5.24. The van der Waals surface area contributed by atoms with Crippen molar-refractivity contribution in [3.63, 3.8) is 0 Å². The molecule has 2 heterocycles. The molecule has 0 saturated carbocycles. The molecule has 0 aliphatic carbocycles. The summed E-state index contributed by atoms with van der Waals surface area (Å²) in [7, 11) is 1.90. The molecule has 0 fully saturated rings. The van der Waals surface area contributed by atoms with E-state index < -0.39 is 0 Å². The van der Waals surface area contributed by atoms with Crippen LogP contribution in [0.5, 0.6) is 0 Å². The van der Waals surface area contributed by atoms with E-state index in [9.17, 15) is 4.79 Å². The summed E-state index contributed by atoms with van der Waals surface area (Å²) in [6.07, 6.45) is 0. The molecule has 22 heavy (non-hydrogen) atoms. The zero-order valence-electron chi connectivity index (χ0n) is 13.4. The van der Waals surface area contributed by atoms with E-state index in [-0.39, 0.29) is 5.91 Å². The number of hydrogen-bond acceptors (Lipinski definition) is 3. The van der Waals surface area contributed by atoms with Gasteiger partial charge in [-0.3, -0.25) is 9.48 Å². The lowest BCUT2D eigenvalue weighted by atomic mass is 10.1. The van der Waals surface area contributed by atoms with Gasteiger partial charge in [0.1, 0.15) is 4.83 Å². The highest BCUT2D eigenvalue weighted by Gasteiger charge is 2.16. The van der Waals surface area contributed by atoms with Crippen molar-refractivity contribution in [3.8, 4) is 0 Å². The summed E-state index contributed by atoms with van der Waals surface area (Å²) in [4.78, 5) is 14.3. The van der Waals surface area contributed by atoms with E-state index in [1.165, 1.54) is 16.9 Å². The highest BCUT2D eigenvalue weighted by molar-refractivity contribution is 7.20. The summed E-state index contributed by atoms with van der Waals surface area (Å²) >= 11 is 1.48.